The van der Waals surface area contributed by atoms with Gasteiger partial charge in [0.25, 0.3) is 0 Å². The number of fused-ring (bicyclic) bond motifs is 1. The number of hydrogen-bond acceptors (Lipinski definition) is 5. The van der Waals surface area contributed by atoms with Crippen LogP contribution in [-0.4, -0.2) is 26.5 Å². The molecule has 0 saturated heterocycles. The first kappa shape index (κ1) is 12.4. The van der Waals surface area contributed by atoms with Crippen molar-refractivity contribution in [3.8, 4) is 17.0 Å². The molecule has 3 aromatic heterocycles. The molecule has 0 spiro atoms. The van der Waals surface area contributed by atoms with E-state index in [2.05, 4.69) is 26.9 Å². The van der Waals surface area contributed by atoms with Gasteiger partial charge in [-0.15, -0.1) is 0 Å². The van der Waals surface area contributed by atoms with Gasteiger partial charge in [0.2, 0.25) is 5.95 Å². The van der Waals surface area contributed by atoms with Crippen LogP contribution in [0.1, 0.15) is 13.3 Å². The number of aromatic nitrogens is 4. The number of anilines is 1. The van der Waals surface area contributed by atoms with E-state index in [1.54, 1.807) is 12.4 Å². The Kier molecular flexibility index (Phi) is 3.20. The van der Waals surface area contributed by atoms with Gasteiger partial charge in [-0.05, 0) is 18.6 Å². The van der Waals surface area contributed by atoms with Crippen LogP contribution in [0.4, 0.5) is 5.95 Å². The number of hydrogen-bond donors (Lipinski definition) is 2. The van der Waals surface area contributed by atoms with Crippen LogP contribution in [0.5, 0.6) is 5.75 Å². The fraction of sp³-hybridized carbons (Fsp3) is 0.214. The second-order valence-electron chi connectivity index (χ2n) is 4.42. The number of nitrogens with two attached hydrogens (primary N) is 1. The molecule has 102 valence electrons. The number of rotatable bonds is 4. The van der Waals surface area contributed by atoms with Crippen LogP contribution >= 0.6 is 0 Å². The standard InChI is InChI=1S/C14H15N5O/c1-2-5-20-9-6-10-11(8-18-13(10)17-7-9)12-3-4-16-14(15)19-12/h3-4,6-8H,2,5H2,1H3,(H,17,18)(H2,15,16,19). The van der Waals surface area contributed by atoms with Crippen molar-refractivity contribution in [1.29, 1.82) is 0 Å². The molecule has 20 heavy (non-hydrogen) atoms. The number of nitrogens with one attached hydrogen (secondary N) is 1. The molecular weight excluding hydrogens is 254 g/mol. The maximum absolute atomic E-state index is 5.63. The van der Waals surface area contributed by atoms with Crippen LogP contribution in [0.2, 0.25) is 0 Å². The van der Waals surface area contributed by atoms with E-state index in [0.29, 0.717) is 6.61 Å². The fourth-order valence-corrected chi connectivity index (χ4v) is 2.02. The summed E-state index contributed by atoms with van der Waals surface area (Å²) in [4.78, 5) is 15.6. The second kappa shape index (κ2) is 5.16. The Balaban J connectivity index is 2.07. The lowest BCUT2D eigenvalue weighted by Crippen LogP contribution is -1.96. The molecule has 0 amide bonds. The summed E-state index contributed by atoms with van der Waals surface area (Å²) in [5.41, 5.74) is 8.12. The van der Waals surface area contributed by atoms with E-state index in [9.17, 15) is 0 Å². The Hall–Kier alpha value is -2.63. The molecule has 3 aromatic rings. The van der Waals surface area contributed by atoms with E-state index in [0.717, 1.165) is 34.5 Å². The number of nitrogen functional groups attached to an aromatic ring is 1. The summed E-state index contributed by atoms with van der Waals surface area (Å²) < 4.78 is 5.61. The highest BCUT2D eigenvalue weighted by molar-refractivity contribution is 5.93. The minimum atomic E-state index is 0.253. The van der Waals surface area contributed by atoms with Crippen molar-refractivity contribution in [2.45, 2.75) is 13.3 Å². The highest BCUT2D eigenvalue weighted by Gasteiger charge is 2.10. The molecule has 6 heteroatoms. The molecule has 0 saturated carbocycles. The van der Waals surface area contributed by atoms with Crippen LogP contribution in [-0.2, 0) is 0 Å². The smallest absolute Gasteiger partial charge is 0.220 e. The lowest BCUT2D eigenvalue weighted by atomic mass is 10.1. The molecule has 0 radical (unpaired) electrons. The maximum Gasteiger partial charge on any atom is 0.220 e. The molecule has 0 aliphatic rings. The maximum atomic E-state index is 5.63. The minimum absolute atomic E-state index is 0.253. The summed E-state index contributed by atoms with van der Waals surface area (Å²) in [5, 5.41) is 0.955. The van der Waals surface area contributed by atoms with Crippen molar-refractivity contribution in [1.82, 2.24) is 19.9 Å². The van der Waals surface area contributed by atoms with Crippen molar-refractivity contribution in [2.24, 2.45) is 0 Å². The Labute approximate surface area is 116 Å². The van der Waals surface area contributed by atoms with Gasteiger partial charge in [-0.2, -0.15) is 0 Å². The molecular formula is C14H15N5O. The van der Waals surface area contributed by atoms with E-state index in [1.165, 1.54) is 0 Å². The monoisotopic (exact) mass is 269 g/mol. The third-order valence-electron chi connectivity index (χ3n) is 2.93. The van der Waals surface area contributed by atoms with E-state index >= 15 is 0 Å². The van der Waals surface area contributed by atoms with Gasteiger partial charge < -0.3 is 15.5 Å². The number of H-pyrrole nitrogens is 1. The largest absolute Gasteiger partial charge is 0.492 e. The lowest BCUT2D eigenvalue weighted by Gasteiger charge is -2.04. The average molecular weight is 269 g/mol. The third-order valence-corrected chi connectivity index (χ3v) is 2.93. The molecule has 0 aromatic carbocycles. The third kappa shape index (κ3) is 2.27. The van der Waals surface area contributed by atoms with E-state index in [4.69, 9.17) is 10.5 Å². The zero-order chi connectivity index (χ0) is 13.9. The Morgan fingerprint density at radius 2 is 2.25 bits per heavy atom. The van der Waals surface area contributed by atoms with E-state index < -0.39 is 0 Å². The van der Waals surface area contributed by atoms with Gasteiger partial charge in [0.1, 0.15) is 11.4 Å². The zero-order valence-electron chi connectivity index (χ0n) is 11.1. The summed E-state index contributed by atoms with van der Waals surface area (Å²) in [6.07, 6.45) is 6.18. The quantitative estimate of drug-likeness (QED) is 0.759. The number of ether oxygens (including phenoxy) is 1. The SMILES string of the molecule is CCCOc1cnc2[nH]cc(-c3ccnc(N)n3)c2c1. The van der Waals surface area contributed by atoms with Crippen molar-refractivity contribution < 1.29 is 4.74 Å². The fourth-order valence-electron chi connectivity index (χ4n) is 2.02. The van der Waals surface area contributed by atoms with Crippen LogP contribution < -0.4 is 10.5 Å². The van der Waals surface area contributed by atoms with Gasteiger partial charge in [-0.25, -0.2) is 15.0 Å². The molecule has 6 nitrogen and oxygen atoms in total. The van der Waals surface area contributed by atoms with E-state index in [1.807, 2.05) is 18.3 Å². The number of aromatic amines is 1. The number of pyridine rings is 1. The summed E-state index contributed by atoms with van der Waals surface area (Å²) in [7, 11) is 0. The van der Waals surface area contributed by atoms with Gasteiger partial charge in [0.15, 0.2) is 0 Å². The Morgan fingerprint density at radius 3 is 3.05 bits per heavy atom. The lowest BCUT2D eigenvalue weighted by molar-refractivity contribution is 0.317. The minimum Gasteiger partial charge on any atom is -0.492 e. The van der Waals surface area contributed by atoms with Crippen LogP contribution in [0.25, 0.3) is 22.3 Å². The molecule has 3 N–H and O–H groups in total. The van der Waals surface area contributed by atoms with Crippen LogP contribution in [0.3, 0.4) is 0 Å². The first-order chi connectivity index (χ1) is 9.78. The van der Waals surface area contributed by atoms with Gasteiger partial charge in [0, 0.05) is 23.3 Å². The normalized spacial score (nSPS) is 10.8. The molecule has 0 bridgehead atoms. The Bertz CT molecular complexity index is 737. The predicted octanol–water partition coefficient (Wildman–Crippen LogP) is 2.39. The highest BCUT2D eigenvalue weighted by atomic mass is 16.5. The van der Waals surface area contributed by atoms with E-state index in [-0.39, 0.29) is 5.95 Å². The molecule has 0 fully saturated rings. The van der Waals surface area contributed by atoms with Crippen LogP contribution in [0.15, 0.2) is 30.7 Å². The van der Waals surface area contributed by atoms with Gasteiger partial charge in [-0.3, -0.25) is 0 Å². The van der Waals surface area contributed by atoms with Crippen molar-refractivity contribution in [3.63, 3.8) is 0 Å². The predicted molar refractivity (Wildman–Crippen MR) is 77.3 cm³/mol. The molecule has 3 heterocycles. The van der Waals surface area contributed by atoms with Crippen LogP contribution in [0, 0.1) is 0 Å². The Morgan fingerprint density at radius 1 is 1.35 bits per heavy atom. The molecule has 0 atom stereocenters. The topological polar surface area (TPSA) is 89.7 Å². The summed E-state index contributed by atoms with van der Waals surface area (Å²) >= 11 is 0. The number of nitrogens with zero attached hydrogens (tertiary/aromatic N) is 3. The molecule has 0 aliphatic carbocycles. The molecule has 3 rings (SSSR count). The van der Waals surface area contributed by atoms with Crippen molar-refractivity contribution >= 4 is 17.0 Å². The highest BCUT2D eigenvalue weighted by Crippen LogP contribution is 2.28. The summed E-state index contributed by atoms with van der Waals surface area (Å²) in [5.74, 6) is 1.01. The zero-order valence-corrected chi connectivity index (χ0v) is 11.1. The summed E-state index contributed by atoms with van der Waals surface area (Å²) in [6, 6.07) is 3.78. The average Bonchev–Trinajstić information content (AvgIpc) is 2.88. The molecule has 0 aliphatic heterocycles. The van der Waals surface area contributed by atoms with Gasteiger partial charge in [-0.1, -0.05) is 6.92 Å². The van der Waals surface area contributed by atoms with Crippen molar-refractivity contribution in [3.05, 3.63) is 30.7 Å². The molecule has 0 unspecified atom stereocenters. The van der Waals surface area contributed by atoms with Gasteiger partial charge in [0.05, 0.1) is 18.5 Å². The first-order valence-corrected chi connectivity index (χ1v) is 6.46. The second-order valence-corrected chi connectivity index (χ2v) is 4.42. The summed E-state index contributed by atoms with van der Waals surface area (Å²) in [6.45, 7) is 2.74. The van der Waals surface area contributed by atoms with Crippen molar-refractivity contribution in [2.75, 3.05) is 12.3 Å². The van der Waals surface area contributed by atoms with Gasteiger partial charge >= 0.3 is 0 Å². The first-order valence-electron chi connectivity index (χ1n) is 6.46.